The molecule has 258 valence electrons. The van der Waals surface area contributed by atoms with Gasteiger partial charge in [0, 0.05) is 48.2 Å². The van der Waals surface area contributed by atoms with Crippen LogP contribution in [0, 0.1) is 11.8 Å². The number of rotatable bonds is 13. The van der Waals surface area contributed by atoms with Crippen molar-refractivity contribution in [3.05, 3.63) is 94.0 Å². The zero-order chi connectivity index (χ0) is 33.9. The molecule has 2 aliphatic rings. The Morgan fingerprint density at radius 2 is 1.75 bits per heavy atom. The lowest BCUT2D eigenvalue weighted by molar-refractivity contribution is -0.0563. The molecule has 2 atom stereocenters. The number of amides is 2. The number of benzene rings is 3. The summed E-state index contributed by atoms with van der Waals surface area (Å²) in [5.41, 5.74) is 4.25. The van der Waals surface area contributed by atoms with Gasteiger partial charge in [-0.1, -0.05) is 86.3 Å². The summed E-state index contributed by atoms with van der Waals surface area (Å²) in [6.07, 6.45) is 9.53. The molecule has 3 aromatic carbocycles. The number of methoxy groups -OCH3 is 1. The highest BCUT2D eigenvalue weighted by Gasteiger charge is 2.43. The lowest BCUT2D eigenvalue weighted by Crippen LogP contribution is -2.48. The number of carbonyl (C=O) groups is 2. The fourth-order valence-corrected chi connectivity index (χ4v) is 7.90. The van der Waals surface area contributed by atoms with E-state index in [1.54, 1.807) is 0 Å². The number of likely N-dealkylation sites (tertiary alicyclic amines) is 1. The predicted molar refractivity (Wildman–Crippen MR) is 193 cm³/mol. The number of carbonyl (C=O) groups excluding carboxylic acids is 2. The van der Waals surface area contributed by atoms with Crippen molar-refractivity contribution < 1.29 is 19.4 Å². The number of aliphatic hydroxyl groups is 1. The van der Waals surface area contributed by atoms with Crippen molar-refractivity contribution >= 4 is 23.6 Å². The molecule has 48 heavy (non-hydrogen) atoms. The van der Waals surface area contributed by atoms with Gasteiger partial charge in [0.25, 0.3) is 5.91 Å². The van der Waals surface area contributed by atoms with E-state index in [4.69, 9.17) is 16.3 Å². The SMILES string of the molecule is CCc1cccc(-c2c(Cl)cccc2[C@](O)(CCCNC(=O)OC)[C@@H]2CCCN(C(=O)c3ccc(CNCC4CCCCC4)cc3)C2)c1. The minimum Gasteiger partial charge on any atom is -0.453 e. The molecular formula is C40H52ClN3O4. The first kappa shape index (κ1) is 35.9. The molecule has 8 heteroatoms. The largest absolute Gasteiger partial charge is 0.453 e. The van der Waals surface area contributed by atoms with Crippen molar-refractivity contribution in [2.75, 3.05) is 33.3 Å². The first-order chi connectivity index (χ1) is 23.3. The van der Waals surface area contributed by atoms with E-state index in [0.29, 0.717) is 43.1 Å². The minimum atomic E-state index is -1.30. The van der Waals surface area contributed by atoms with Crippen molar-refractivity contribution in [3.8, 4) is 11.1 Å². The molecule has 1 saturated heterocycles. The fraction of sp³-hybridized carbons (Fsp3) is 0.500. The molecule has 0 unspecified atom stereocenters. The Morgan fingerprint density at radius 3 is 2.50 bits per heavy atom. The van der Waals surface area contributed by atoms with Gasteiger partial charge in [0.05, 0.1) is 12.7 Å². The summed E-state index contributed by atoms with van der Waals surface area (Å²) in [6.45, 7) is 5.39. The Labute approximate surface area is 291 Å². The highest BCUT2D eigenvalue weighted by molar-refractivity contribution is 6.33. The number of nitrogens with one attached hydrogen (secondary N) is 2. The van der Waals surface area contributed by atoms with E-state index < -0.39 is 11.7 Å². The standard InChI is InChI=1S/C40H52ClN3O4/c1-3-29-13-7-14-33(25-29)37-35(16-8-17-36(37)41)40(47,22-10-23-43-39(46)48-2)34-15-9-24-44(28-34)38(45)32-20-18-31(19-21-32)27-42-26-30-11-5-4-6-12-30/h7-8,13-14,16-21,25,30,34,42,47H,3-6,9-12,15,22-24,26-28H2,1-2H3,(H,43,46)/t34-,40+/m1/s1. The quantitative estimate of drug-likeness (QED) is 0.160. The Balaban J connectivity index is 1.35. The zero-order valence-electron chi connectivity index (χ0n) is 28.6. The molecule has 0 radical (unpaired) electrons. The summed E-state index contributed by atoms with van der Waals surface area (Å²) in [7, 11) is 1.34. The summed E-state index contributed by atoms with van der Waals surface area (Å²) >= 11 is 6.92. The Morgan fingerprint density at radius 1 is 0.979 bits per heavy atom. The van der Waals surface area contributed by atoms with Crippen LogP contribution in [0.4, 0.5) is 4.79 Å². The minimum absolute atomic E-state index is 0.0157. The van der Waals surface area contributed by atoms with Crippen molar-refractivity contribution in [2.45, 2.75) is 83.3 Å². The van der Waals surface area contributed by atoms with Gasteiger partial charge in [0.1, 0.15) is 0 Å². The number of piperidine rings is 1. The molecule has 1 aliphatic heterocycles. The maximum atomic E-state index is 13.9. The van der Waals surface area contributed by atoms with Gasteiger partial charge in [-0.25, -0.2) is 4.79 Å². The normalized spacial score (nSPS) is 18.2. The summed E-state index contributed by atoms with van der Waals surface area (Å²) in [4.78, 5) is 27.5. The number of halogens is 1. The molecule has 1 saturated carbocycles. The van der Waals surface area contributed by atoms with Crippen LogP contribution in [-0.4, -0.2) is 55.3 Å². The molecule has 3 N–H and O–H groups in total. The summed E-state index contributed by atoms with van der Waals surface area (Å²) in [6, 6.07) is 22.0. The highest BCUT2D eigenvalue weighted by atomic mass is 35.5. The van der Waals surface area contributed by atoms with Gasteiger partial charge in [-0.3, -0.25) is 4.79 Å². The predicted octanol–water partition coefficient (Wildman–Crippen LogP) is 8.12. The fourth-order valence-electron chi connectivity index (χ4n) is 7.62. The van der Waals surface area contributed by atoms with Crippen molar-refractivity contribution in [2.24, 2.45) is 11.8 Å². The van der Waals surface area contributed by atoms with Crippen LogP contribution in [0.25, 0.3) is 11.1 Å². The van der Waals surface area contributed by atoms with Crippen LogP contribution in [0.3, 0.4) is 0 Å². The number of hydrogen-bond acceptors (Lipinski definition) is 5. The van der Waals surface area contributed by atoms with E-state index in [-0.39, 0.29) is 11.8 Å². The van der Waals surface area contributed by atoms with Crippen LogP contribution in [-0.2, 0) is 23.3 Å². The molecule has 3 aromatic rings. The summed E-state index contributed by atoms with van der Waals surface area (Å²) in [5, 5.41) is 19.8. The van der Waals surface area contributed by atoms with Gasteiger partial charge in [0.2, 0.25) is 0 Å². The van der Waals surface area contributed by atoms with E-state index in [9.17, 15) is 14.7 Å². The number of hydrogen-bond donors (Lipinski definition) is 3. The zero-order valence-corrected chi connectivity index (χ0v) is 29.4. The molecule has 1 heterocycles. The van der Waals surface area contributed by atoms with Crippen LogP contribution >= 0.6 is 11.6 Å². The van der Waals surface area contributed by atoms with E-state index in [1.807, 2.05) is 47.4 Å². The third-order valence-corrected chi connectivity index (χ3v) is 10.7. The summed E-state index contributed by atoms with van der Waals surface area (Å²) in [5.74, 6) is 0.528. The smallest absolute Gasteiger partial charge is 0.406 e. The molecule has 0 spiro atoms. The average molecular weight is 674 g/mol. The first-order valence-electron chi connectivity index (χ1n) is 17.8. The van der Waals surface area contributed by atoms with Crippen molar-refractivity contribution in [3.63, 3.8) is 0 Å². The molecule has 7 nitrogen and oxygen atoms in total. The van der Waals surface area contributed by atoms with Crippen LogP contribution < -0.4 is 10.6 Å². The lowest BCUT2D eigenvalue weighted by Gasteiger charge is -2.44. The third kappa shape index (κ3) is 8.99. The van der Waals surface area contributed by atoms with E-state index in [2.05, 4.69) is 41.8 Å². The third-order valence-electron chi connectivity index (χ3n) is 10.4. The van der Waals surface area contributed by atoms with Gasteiger partial charge in [-0.05, 0) is 97.9 Å². The van der Waals surface area contributed by atoms with Gasteiger partial charge < -0.3 is 25.4 Å². The number of ether oxygens (including phenoxy) is 1. The molecule has 1 aliphatic carbocycles. The van der Waals surface area contributed by atoms with Crippen LogP contribution in [0.15, 0.2) is 66.7 Å². The van der Waals surface area contributed by atoms with E-state index in [0.717, 1.165) is 55.0 Å². The van der Waals surface area contributed by atoms with Gasteiger partial charge in [0.15, 0.2) is 0 Å². The first-order valence-corrected chi connectivity index (χ1v) is 18.2. The molecule has 5 rings (SSSR count). The van der Waals surface area contributed by atoms with Gasteiger partial charge >= 0.3 is 6.09 Å². The van der Waals surface area contributed by atoms with Crippen LogP contribution in [0.2, 0.25) is 5.02 Å². The number of alkyl carbamates (subject to hydrolysis) is 1. The lowest BCUT2D eigenvalue weighted by atomic mass is 9.72. The molecule has 0 bridgehead atoms. The maximum absolute atomic E-state index is 13.9. The Hall–Kier alpha value is -3.39. The van der Waals surface area contributed by atoms with Crippen LogP contribution in [0.5, 0.6) is 0 Å². The monoisotopic (exact) mass is 673 g/mol. The van der Waals surface area contributed by atoms with E-state index in [1.165, 1.54) is 50.3 Å². The van der Waals surface area contributed by atoms with E-state index >= 15 is 0 Å². The maximum Gasteiger partial charge on any atom is 0.406 e. The average Bonchev–Trinajstić information content (AvgIpc) is 3.13. The van der Waals surface area contributed by atoms with Crippen molar-refractivity contribution in [1.82, 2.24) is 15.5 Å². The second kappa shape index (κ2) is 17.3. The second-order valence-electron chi connectivity index (χ2n) is 13.6. The highest BCUT2D eigenvalue weighted by Crippen LogP contribution is 2.46. The molecular weight excluding hydrogens is 622 g/mol. The Bertz CT molecular complexity index is 1510. The molecule has 2 fully saturated rings. The number of nitrogens with zero attached hydrogens (tertiary/aromatic N) is 1. The van der Waals surface area contributed by atoms with Gasteiger partial charge in [-0.15, -0.1) is 0 Å². The van der Waals surface area contributed by atoms with Gasteiger partial charge in [-0.2, -0.15) is 0 Å². The Kier molecular flexibility index (Phi) is 13.0. The van der Waals surface area contributed by atoms with Crippen LogP contribution in [0.1, 0.15) is 91.8 Å². The molecule has 2 amide bonds. The topological polar surface area (TPSA) is 90.9 Å². The molecule has 0 aromatic heterocycles. The number of aryl methyl sites for hydroxylation is 1. The van der Waals surface area contributed by atoms with Crippen molar-refractivity contribution in [1.29, 1.82) is 0 Å². The summed E-state index contributed by atoms with van der Waals surface area (Å²) < 4.78 is 4.75. The second-order valence-corrected chi connectivity index (χ2v) is 14.0.